The Balaban J connectivity index is 2.17. The molecule has 0 aliphatic rings. The highest BCUT2D eigenvalue weighted by Gasteiger charge is 2.15. The molecule has 0 saturated carbocycles. The summed E-state index contributed by atoms with van der Waals surface area (Å²) in [6.45, 7) is 6.11. The van der Waals surface area contributed by atoms with Gasteiger partial charge >= 0.3 is 0 Å². The minimum absolute atomic E-state index is 0.108. The molecule has 0 bridgehead atoms. The molecule has 2 aromatic rings. The van der Waals surface area contributed by atoms with E-state index in [1.165, 1.54) is 30.3 Å². The second-order valence-electron chi connectivity index (χ2n) is 5.61. The number of carbonyl (C=O) groups excluding carboxylic acids is 1. The van der Waals surface area contributed by atoms with Gasteiger partial charge in [0, 0.05) is 16.7 Å². The van der Waals surface area contributed by atoms with Crippen LogP contribution in [0.1, 0.15) is 23.7 Å². The number of benzene rings is 2. The van der Waals surface area contributed by atoms with Crippen molar-refractivity contribution in [3.8, 4) is 5.75 Å². The van der Waals surface area contributed by atoms with Gasteiger partial charge in [0.15, 0.2) is 0 Å². The van der Waals surface area contributed by atoms with Crippen molar-refractivity contribution in [2.24, 2.45) is 0 Å². The summed E-state index contributed by atoms with van der Waals surface area (Å²) in [5.74, 6) is 0.146. The van der Waals surface area contributed by atoms with E-state index in [4.69, 9.17) is 4.74 Å². The van der Waals surface area contributed by atoms with Gasteiger partial charge in [0.05, 0.1) is 17.1 Å². The van der Waals surface area contributed by atoms with Crippen molar-refractivity contribution in [3.05, 3.63) is 65.2 Å². The lowest BCUT2D eigenvalue weighted by molar-refractivity contribution is 0.102. The van der Waals surface area contributed by atoms with E-state index in [-0.39, 0.29) is 17.3 Å². The van der Waals surface area contributed by atoms with Gasteiger partial charge in [0.2, 0.25) is 10.0 Å². The van der Waals surface area contributed by atoms with E-state index in [9.17, 15) is 13.2 Å². The number of halogens is 1. The second kappa shape index (κ2) is 9.68. The highest BCUT2D eigenvalue weighted by molar-refractivity contribution is 9.10. The number of ether oxygens (including phenoxy) is 1. The maximum atomic E-state index is 12.6. The van der Waals surface area contributed by atoms with Gasteiger partial charge in [-0.3, -0.25) is 4.79 Å². The van der Waals surface area contributed by atoms with E-state index in [0.717, 1.165) is 10.9 Å². The first-order valence-corrected chi connectivity index (χ1v) is 10.6. The SMILES string of the molecule is C=CCNS(=O)(=O)c1ccc(NC(=O)c2cc(Br)ccc2OCCC)cc1. The van der Waals surface area contributed by atoms with Crippen molar-refractivity contribution >= 4 is 37.5 Å². The molecule has 6 nitrogen and oxygen atoms in total. The molecule has 2 N–H and O–H groups in total. The predicted molar refractivity (Wildman–Crippen MR) is 110 cm³/mol. The first-order chi connectivity index (χ1) is 12.9. The first kappa shape index (κ1) is 21.1. The number of hydrogen-bond acceptors (Lipinski definition) is 4. The zero-order chi connectivity index (χ0) is 19.9. The molecule has 0 heterocycles. The number of hydrogen-bond donors (Lipinski definition) is 2. The van der Waals surface area contributed by atoms with Crippen molar-refractivity contribution in [1.29, 1.82) is 0 Å². The van der Waals surface area contributed by atoms with Gasteiger partial charge in [0.1, 0.15) is 5.75 Å². The van der Waals surface area contributed by atoms with Crippen molar-refractivity contribution in [2.75, 3.05) is 18.5 Å². The van der Waals surface area contributed by atoms with E-state index in [1.807, 2.05) is 6.92 Å². The lowest BCUT2D eigenvalue weighted by atomic mass is 10.2. The summed E-state index contributed by atoms with van der Waals surface area (Å²) in [7, 11) is -3.60. The number of nitrogens with one attached hydrogen (secondary N) is 2. The zero-order valence-corrected chi connectivity index (χ0v) is 17.3. The van der Waals surface area contributed by atoms with Crippen LogP contribution in [0.4, 0.5) is 5.69 Å². The molecule has 0 aliphatic heterocycles. The summed E-state index contributed by atoms with van der Waals surface area (Å²) in [5.41, 5.74) is 0.867. The van der Waals surface area contributed by atoms with Crippen LogP contribution in [-0.2, 0) is 10.0 Å². The van der Waals surface area contributed by atoms with Crippen LogP contribution in [0.25, 0.3) is 0 Å². The van der Waals surface area contributed by atoms with Crippen LogP contribution in [0.2, 0.25) is 0 Å². The summed E-state index contributed by atoms with van der Waals surface area (Å²) in [5, 5.41) is 2.75. The molecule has 0 radical (unpaired) electrons. The molecule has 2 rings (SSSR count). The molecule has 2 aromatic carbocycles. The van der Waals surface area contributed by atoms with E-state index in [0.29, 0.717) is 23.6 Å². The van der Waals surface area contributed by atoms with Gasteiger partial charge in [-0.1, -0.05) is 28.9 Å². The monoisotopic (exact) mass is 452 g/mol. The van der Waals surface area contributed by atoms with Gasteiger partial charge in [-0.15, -0.1) is 6.58 Å². The number of carbonyl (C=O) groups is 1. The third kappa shape index (κ3) is 5.92. The Hall–Kier alpha value is -2.16. The molecule has 8 heteroatoms. The van der Waals surface area contributed by atoms with Gasteiger partial charge < -0.3 is 10.1 Å². The summed E-state index contributed by atoms with van der Waals surface area (Å²) >= 11 is 3.35. The molecule has 0 unspecified atom stereocenters. The fourth-order valence-corrected chi connectivity index (χ4v) is 3.54. The van der Waals surface area contributed by atoms with E-state index in [1.54, 1.807) is 18.2 Å². The van der Waals surface area contributed by atoms with Crippen LogP contribution >= 0.6 is 15.9 Å². The molecule has 0 aliphatic carbocycles. The largest absolute Gasteiger partial charge is 0.493 e. The Morgan fingerprint density at radius 1 is 1.22 bits per heavy atom. The number of rotatable bonds is 9. The Morgan fingerprint density at radius 2 is 1.93 bits per heavy atom. The number of amides is 1. The highest BCUT2D eigenvalue weighted by atomic mass is 79.9. The summed E-state index contributed by atoms with van der Waals surface area (Å²) in [6, 6.07) is 11.1. The van der Waals surface area contributed by atoms with E-state index >= 15 is 0 Å². The first-order valence-electron chi connectivity index (χ1n) is 8.31. The van der Waals surface area contributed by atoms with Crippen molar-refractivity contribution in [3.63, 3.8) is 0 Å². The number of anilines is 1. The van der Waals surface area contributed by atoms with Crippen molar-refractivity contribution < 1.29 is 17.9 Å². The van der Waals surface area contributed by atoms with E-state index < -0.39 is 10.0 Å². The fraction of sp³-hybridized carbons (Fsp3) is 0.211. The van der Waals surface area contributed by atoms with Crippen LogP contribution in [0.15, 0.2) is 64.5 Å². The minimum atomic E-state index is -3.60. The fourth-order valence-electron chi connectivity index (χ4n) is 2.19. The molecule has 0 fully saturated rings. The highest BCUT2D eigenvalue weighted by Crippen LogP contribution is 2.25. The molecule has 0 saturated heterocycles. The van der Waals surface area contributed by atoms with Crippen LogP contribution in [0.3, 0.4) is 0 Å². The lowest BCUT2D eigenvalue weighted by Gasteiger charge is -2.12. The summed E-state index contributed by atoms with van der Waals surface area (Å²) in [4.78, 5) is 12.7. The molecule has 27 heavy (non-hydrogen) atoms. The Bertz CT molecular complexity index is 912. The average molecular weight is 453 g/mol. The summed E-state index contributed by atoms with van der Waals surface area (Å²) < 4.78 is 32.9. The molecule has 0 aromatic heterocycles. The third-order valence-electron chi connectivity index (χ3n) is 3.49. The zero-order valence-electron chi connectivity index (χ0n) is 14.9. The van der Waals surface area contributed by atoms with Gasteiger partial charge in [0.25, 0.3) is 5.91 Å². The van der Waals surface area contributed by atoms with Crippen LogP contribution < -0.4 is 14.8 Å². The smallest absolute Gasteiger partial charge is 0.259 e. The molecule has 0 spiro atoms. The van der Waals surface area contributed by atoms with Crippen molar-refractivity contribution in [1.82, 2.24) is 4.72 Å². The Morgan fingerprint density at radius 3 is 2.56 bits per heavy atom. The topological polar surface area (TPSA) is 84.5 Å². The Kier molecular flexibility index (Phi) is 7.58. The third-order valence-corrected chi connectivity index (χ3v) is 5.42. The van der Waals surface area contributed by atoms with Crippen LogP contribution in [0, 0.1) is 0 Å². The standard InChI is InChI=1S/C19H21BrN2O4S/c1-3-11-21-27(24,25)16-8-6-15(7-9-16)22-19(23)17-13-14(20)5-10-18(17)26-12-4-2/h3,5-10,13,21H,1,4,11-12H2,2H3,(H,22,23). The molecular weight excluding hydrogens is 432 g/mol. The van der Waals surface area contributed by atoms with Gasteiger partial charge in [-0.05, 0) is 48.9 Å². The maximum absolute atomic E-state index is 12.6. The quantitative estimate of drug-likeness (QED) is 0.563. The molecular formula is C19H21BrN2O4S. The average Bonchev–Trinajstić information content (AvgIpc) is 2.65. The predicted octanol–water partition coefficient (Wildman–Crippen LogP) is 3.95. The minimum Gasteiger partial charge on any atom is -0.493 e. The molecule has 144 valence electrons. The normalized spacial score (nSPS) is 11.0. The molecule has 1 amide bonds. The maximum Gasteiger partial charge on any atom is 0.259 e. The van der Waals surface area contributed by atoms with Crippen molar-refractivity contribution in [2.45, 2.75) is 18.2 Å². The summed E-state index contributed by atoms with van der Waals surface area (Å²) in [6.07, 6.45) is 2.29. The van der Waals surface area contributed by atoms with Crippen LogP contribution in [-0.4, -0.2) is 27.5 Å². The van der Waals surface area contributed by atoms with E-state index in [2.05, 4.69) is 32.5 Å². The second-order valence-corrected chi connectivity index (χ2v) is 8.29. The van der Waals surface area contributed by atoms with Crippen LogP contribution in [0.5, 0.6) is 5.75 Å². The van der Waals surface area contributed by atoms with Gasteiger partial charge in [-0.2, -0.15) is 0 Å². The number of sulfonamides is 1. The molecule has 0 atom stereocenters. The van der Waals surface area contributed by atoms with Gasteiger partial charge in [-0.25, -0.2) is 13.1 Å². The Labute approximate surface area is 167 Å². The lowest BCUT2D eigenvalue weighted by Crippen LogP contribution is -2.23.